The third-order valence-corrected chi connectivity index (χ3v) is 2.27. The number of urea groups is 1. The zero-order valence-corrected chi connectivity index (χ0v) is 8.45. The number of carbonyl (C=O) groups is 2. The Balaban J connectivity index is 2.28. The minimum atomic E-state index is -0.390. The first-order chi connectivity index (χ1) is 6.59. The topological polar surface area (TPSA) is 75.4 Å². The van der Waals surface area contributed by atoms with Crippen molar-refractivity contribution < 1.29 is 9.59 Å². The van der Waals surface area contributed by atoms with Gasteiger partial charge in [0.15, 0.2) is 0 Å². The lowest BCUT2D eigenvalue weighted by atomic mass is 10.2. The minimum Gasteiger partial charge on any atom is -0.370 e. The predicted molar refractivity (Wildman–Crippen MR) is 52.6 cm³/mol. The average molecular weight is 199 g/mol. The van der Waals surface area contributed by atoms with Gasteiger partial charge in [-0.05, 0) is 19.8 Å². The van der Waals surface area contributed by atoms with Crippen molar-refractivity contribution in [1.82, 2.24) is 10.2 Å². The number of amides is 3. The predicted octanol–water partition coefficient (Wildman–Crippen LogP) is 0.0557. The summed E-state index contributed by atoms with van der Waals surface area (Å²) in [6.45, 7) is 3.41. The first-order valence-corrected chi connectivity index (χ1v) is 4.93. The van der Waals surface area contributed by atoms with Crippen LogP contribution in [0, 0.1) is 0 Å². The molecule has 0 aromatic rings. The lowest BCUT2D eigenvalue weighted by molar-refractivity contribution is -0.118. The summed E-state index contributed by atoms with van der Waals surface area (Å²) in [5.74, 6) is -0.390. The Hall–Kier alpha value is -1.26. The van der Waals surface area contributed by atoms with Gasteiger partial charge in [-0.1, -0.05) is 0 Å². The normalized spacial score (nSPS) is 17.9. The van der Waals surface area contributed by atoms with Gasteiger partial charge in [0.2, 0.25) is 5.91 Å². The van der Waals surface area contributed by atoms with Crippen LogP contribution in [0.2, 0.25) is 0 Å². The second kappa shape index (κ2) is 4.83. The molecule has 1 rings (SSSR count). The van der Waals surface area contributed by atoms with Gasteiger partial charge >= 0.3 is 6.03 Å². The summed E-state index contributed by atoms with van der Waals surface area (Å²) in [6.07, 6.45) is 2.33. The fourth-order valence-corrected chi connectivity index (χ4v) is 1.58. The number of likely N-dealkylation sites (tertiary alicyclic amines) is 1. The molecule has 0 saturated carbocycles. The molecule has 14 heavy (non-hydrogen) atoms. The van der Waals surface area contributed by atoms with Crippen LogP contribution in [-0.2, 0) is 4.79 Å². The standard InChI is InChI=1S/C9H17N3O2/c1-7(6-8(10)13)11-9(14)12-4-2-3-5-12/h7H,2-6H2,1H3,(H2,10,13)(H,11,14). The van der Waals surface area contributed by atoms with E-state index in [1.165, 1.54) is 0 Å². The van der Waals surface area contributed by atoms with Gasteiger partial charge in [-0.2, -0.15) is 0 Å². The van der Waals surface area contributed by atoms with Crippen LogP contribution in [0.3, 0.4) is 0 Å². The number of rotatable bonds is 3. The smallest absolute Gasteiger partial charge is 0.317 e. The fourth-order valence-electron chi connectivity index (χ4n) is 1.58. The van der Waals surface area contributed by atoms with E-state index in [4.69, 9.17) is 5.73 Å². The molecule has 1 atom stereocenters. The third-order valence-electron chi connectivity index (χ3n) is 2.27. The zero-order valence-electron chi connectivity index (χ0n) is 8.45. The first kappa shape index (κ1) is 10.8. The zero-order chi connectivity index (χ0) is 10.6. The van der Waals surface area contributed by atoms with E-state index < -0.39 is 0 Å². The van der Waals surface area contributed by atoms with E-state index in [-0.39, 0.29) is 24.4 Å². The van der Waals surface area contributed by atoms with Crippen molar-refractivity contribution in [3.63, 3.8) is 0 Å². The van der Waals surface area contributed by atoms with Crippen LogP contribution >= 0.6 is 0 Å². The molecule has 0 aliphatic carbocycles. The molecule has 0 spiro atoms. The van der Waals surface area contributed by atoms with Crippen LogP contribution in [0.25, 0.3) is 0 Å². The van der Waals surface area contributed by atoms with E-state index in [0.717, 1.165) is 25.9 Å². The molecule has 1 aliphatic heterocycles. The van der Waals surface area contributed by atoms with Crippen molar-refractivity contribution in [2.75, 3.05) is 13.1 Å². The minimum absolute atomic E-state index is 0.0868. The van der Waals surface area contributed by atoms with Crippen molar-refractivity contribution in [2.24, 2.45) is 5.73 Å². The van der Waals surface area contributed by atoms with Crippen LogP contribution < -0.4 is 11.1 Å². The summed E-state index contributed by atoms with van der Waals surface area (Å²) in [5, 5.41) is 2.74. The van der Waals surface area contributed by atoms with Gasteiger partial charge in [0.1, 0.15) is 0 Å². The Kier molecular flexibility index (Phi) is 3.73. The van der Waals surface area contributed by atoms with Crippen LogP contribution in [-0.4, -0.2) is 36.0 Å². The number of carbonyl (C=O) groups excluding carboxylic acids is 2. The maximum absolute atomic E-state index is 11.5. The summed E-state index contributed by atoms with van der Waals surface area (Å²) in [5.41, 5.74) is 5.02. The fraction of sp³-hybridized carbons (Fsp3) is 0.778. The van der Waals surface area contributed by atoms with E-state index in [9.17, 15) is 9.59 Å². The summed E-state index contributed by atoms with van der Waals surface area (Å²) in [4.78, 5) is 23.8. The highest BCUT2D eigenvalue weighted by Gasteiger charge is 2.19. The van der Waals surface area contributed by atoms with E-state index in [0.29, 0.717) is 0 Å². The second-order valence-electron chi connectivity index (χ2n) is 3.72. The van der Waals surface area contributed by atoms with Gasteiger partial charge in [0, 0.05) is 25.6 Å². The first-order valence-electron chi connectivity index (χ1n) is 4.93. The Morgan fingerprint density at radius 1 is 1.43 bits per heavy atom. The van der Waals surface area contributed by atoms with Crippen LogP contribution in [0.4, 0.5) is 4.79 Å². The van der Waals surface area contributed by atoms with Crippen LogP contribution in [0.15, 0.2) is 0 Å². The van der Waals surface area contributed by atoms with Gasteiger partial charge < -0.3 is 16.0 Å². The number of nitrogens with zero attached hydrogens (tertiary/aromatic N) is 1. The molecule has 0 radical (unpaired) electrons. The number of hydrogen-bond acceptors (Lipinski definition) is 2. The Bertz CT molecular complexity index is 224. The molecule has 3 N–H and O–H groups in total. The van der Waals surface area contributed by atoms with E-state index in [1.54, 1.807) is 11.8 Å². The van der Waals surface area contributed by atoms with Crippen molar-refractivity contribution >= 4 is 11.9 Å². The maximum atomic E-state index is 11.5. The molecule has 0 bridgehead atoms. The monoisotopic (exact) mass is 199 g/mol. The molecule has 1 aliphatic rings. The van der Waals surface area contributed by atoms with Crippen molar-refractivity contribution in [1.29, 1.82) is 0 Å². The Morgan fingerprint density at radius 3 is 2.50 bits per heavy atom. The van der Waals surface area contributed by atoms with E-state index in [1.807, 2.05) is 0 Å². The Labute approximate surface area is 83.6 Å². The summed E-state index contributed by atoms with van der Waals surface area (Å²) in [7, 11) is 0. The van der Waals surface area contributed by atoms with Gasteiger partial charge in [0.05, 0.1) is 0 Å². The number of hydrogen-bond donors (Lipinski definition) is 2. The number of nitrogens with one attached hydrogen (secondary N) is 1. The molecule has 0 aromatic heterocycles. The second-order valence-corrected chi connectivity index (χ2v) is 3.72. The molecule has 5 nitrogen and oxygen atoms in total. The van der Waals surface area contributed by atoms with E-state index >= 15 is 0 Å². The van der Waals surface area contributed by atoms with Crippen molar-refractivity contribution in [3.05, 3.63) is 0 Å². The van der Waals surface area contributed by atoms with Crippen LogP contribution in [0.1, 0.15) is 26.2 Å². The molecular weight excluding hydrogens is 182 g/mol. The lowest BCUT2D eigenvalue weighted by Gasteiger charge is -2.19. The lowest BCUT2D eigenvalue weighted by Crippen LogP contribution is -2.43. The summed E-state index contributed by atoms with van der Waals surface area (Å²) >= 11 is 0. The highest BCUT2D eigenvalue weighted by atomic mass is 16.2. The average Bonchev–Trinajstić information content (AvgIpc) is 2.53. The SMILES string of the molecule is CC(CC(N)=O)NC(=O)N1CCCC1. The number of primary amides is 1. The number of nitrogens with two attached hydrogens (primary N) is 1. The molecule has 0 aromatic carbocycles. The largest absolute Gasteiger partial charge is 0.370 e. The van der Waals surface area contributed by atoms with Gasteiger partial charge in [-0.25, -0.2) is 4.79 Å². The molecule has 1 heterocycles. The van der Waals surface area contributed by atoms with Gasteiger partial charge in [-0.15, -0.1) is 0 Å². The molecule has 1 saturated heterocycles. The van der Waals surface area contributed by atoms with Gasteiger partial charge in [0.25, 0.3) is 0 Å². The Morgan fingerprint density at radius 2 is 2.00 bits per heavy atom. The molecular formula is C9H17N3O2. The van der Waals surface area contributed by atoms with E-state index in [2.05, 4.69) is 5.32 Å². The molecule has 80 valence electrons. The van der Waals surface area contributed by atoms with Crippen LogP contribution in [0.5, 0.6) is 0 Å². The third kappa shape index (κ3) is 3.24. The summed E-state index contributed by atoms with van der Waals surface area (Å²) in [6, 6.07) is -0.267. The highest BCUT2D eigenvalue weighted by Crippen LogP contribution is 2.07. The maximum Gasteiger partial charge on any atom is 0.317 e. The summed E-state index contributed by atoms with van der Waals surface area (Å²) < 4.78 is 0. The highest BCUT2D eigenvalue weighted by molar-refractivity contribution is 5.77. The molecule has 1 fully saturated rings. The molecule has 5 heteroatoms. The quantitative estimate of drug-likeness (QED) is 0.674. The molecule has 1 unspecified atom stereocenters. The van der Waals surface area contributed by atoms with Crippen molar-refractivity contribution in [2.45, 2.75) is 32.2 Å². The van der Waals surface area contributed by atoms with Crippen molar-refractivity contribution in [3.8, 4) is 0 Å². The molecule has 3 amide bonds. The van der Waals surface area contributed by atoms with Gasteiger partial charge in [-0.3, -0.25) is 4.79 Å².